The van der Waals surface area contributed by atoms with Gasteiger partial charge in [0.15, 0.2) is 0 Å². The van der Waals surface area contributed by atoms with Crippen LogP contribution in [0.5, 0.6) is 0 Å². The Hall–Kier alpha value is -1.01. The van der Waals surface area contributed by atoms with Crippen molar-refractivity contribution in [2.75, 3.05) is 11.1 Å². The fourth-order valence-electron chi connectivity index (χ4n) is 0.990. The molecular formula is C11H11BrFN. The Morgan fingerprint density at radius 3 is 2.86 bits per heavy atom. The normalized spacial score (nSPS) is 9.36. The summed E-state index contributed by atoms with van der Waals surface area (Å²) in [6.45, 7) is 1.77. The highest BCUT2D eigenvalue weighted by atomic mass is 79.9. The van der Waals surface area contributed by atoms with Crippen molar-refractivity contribution in [2.24, 2.45) is 0 Å². The molecule has 0 radical (unpaired) electrons. The van der Waals surface area contributed by atoms with Crippen LogP contribution in [0.4, 0.5) is 10.1 Å². The average molecular weight is 256 g/mol. The fraction of sp³-hybridized carbons (Fsp3) is 0.273. The molecule has 0 heterocycles. The van der Waals surface area contributed by atoms with Crippen molar-refractivity contribution in [3.8, 4) is 11.8 Å². The van der Waals surface area contributed by atoms with Crippen molar-refractivity contribution in [2.45, 2.75) is 13.3 Å². The van der Waals surface area contributed by atoms with Gasteiger partial charge in [0.2, 0.25) is 0 Å². The number of halogens is 2. The summed E-state index contributed by atoms with van der Waals surface area (Å²) in [5.74, 6) is 5.29. The van der Waals surface area contributed by atoms with Crippen LogP contribution in [0, 0.1) is 24.6 Å². The first-order chi connectivity index (χ1) is 6.65. The van der Waals surface area contributed by atoms with Crippen molar-refractivity contribution < 1.29 is 4.39 Å². The predicted molar refractivity (Wildman–Crippen MR) is 60.8 cm³/mol. The van der Waals surface area contributed by atoms with Gasteiger partial charge in [0, 0.05) is 17.4 Å². The van der Waals surface area contributed by atoms with Crippen LogP contribution in [0.2, 0.25) is 0 Å². The third-order valence-electron chi connectivity index (χ3n) is 1.80. The molecule has 0 atom stereocenters. The molecule has 0 spiro atoms. The maximum atomic E-state index is 13.3. The summed E-state index contributed by atoms with van der Waals surface area (Å²) in [6, 6.07) is 2.99. The lowest BCUT2D eigenvalue weighted by Gasteiger charge is -2.01. The number of nitrogen functional groups attached to an aromatic ring is 1. The molecule has 1 nitrogen and oxygen atoms in total. The number of rotatable bonds is 1. The Morgan fingerprint density at radius 1 is 1.50 bits per heavy atom. The van der Waals surface area contributed by atoms with Gasteiger partial charge in [0.1, 0.15) is 5.82 Å². The summed E-state index contributed by atoms with van der Waals surface area (Å²) in [6.07, 6.45) is 0.702. The van der Waals surface area contributed by atoms with E-state index in [-0.39, 0.29) is 5.82 Å². The third kappa shape index (κ3) is 2.74. The first-order valence-electron chi connectivity index (χ1n) is 4.25. The van der Waals surface area contributed by atoms with Gasteiger partial charge in [-0.1, -0.05) is 27.8 Å². The Kier molecular flexibility index (Phi) is 3.97. The predicted octanol–water partition coefficient (Wildman–Crippen LogP) is 2.85. The lowest BCUT2D eigenvalue weighted by molar-refractivity contribution is 0.623. The molecule has 0 aromatic heterocycles. The number of aryl methyl sites for hydroxylation is 1. The van der Waals surface area contributed by atoms with E-state index in [9.17, 15) is 4.39 Å². The highest BCUT2D eigenvalue weighted by Gasteiger charge is 2.02. The molecule has 0 aliphatic carbocycles. The summed E-state index contributed by atoms with van der Waals surface area (Å²) in [5, 5.41) is 0.795. The molecule has 3 heteroatoms. The molecule has 74 valence electrons. The summed E-state index contributed by atoms with van der Waals surface area (Å²) in [7, 11) is 0. The molecule has 0 saturated carbocycles. The minimum absolute atomic E-state index is 0.307. The highest BCUT2D eigenvalue weighted by Crippen LogP contribution is 2.16. The lowest BCUT2D eigenvalue weighted by Crippen LogP contribution is -1.93. The maximum absolute atomic E-state index is 13.3. The molecule has 0 amide bonds. The van der Waals surface area contributed by atoms with Gasteiger partial charge in [-0.25, -0.2) is 4.39 Å². The smallest absolute Gasteiger partial charge is 0.139 e. The standard InChI is InChI=1S/C11H11BrFN/c1-8-6-10(13)9(7-11(8)14)4-2-3-5-12/h6-7H,3,5,14H2,1H3. The van der Waals surface area contributed by atoms with Crippen LogP contribution in [-0.4, -0.2) is 5.33 Å². The van der Waals surface area contributed by atoms with Gasteiger partial charge in [-0.15, -0.1) is 0 Å². The van der Waals surface area contributed by atoms with E-state index in [2.05, 4.69) is 27.8 Å². The van der Waals surface area contributed by atoms with Crippen molar-refractivity contribution in [3.05, 3.63) is 29.1 Å². The van der Waals surface area contributed by atoms with Gasteiger partial charge in [-0.2, -0.15) is 0 Å². The van der Waals surface area contributed by atoms with Gasteiger partial charge >= 0.3 is 0 Å². The quantitative estimate of drug-likeness (QED) is 0.466. The summed E-state index contributed by atoms with van der Waals surface area (Å²) >= 11 is 3.25. The number of nitrogens with two attached hydrogens (primary N) is 1. The molecule has 0 saturated heterocycles. The van der Waals surface area contributed by atoms with E-state index in [1.54, 1.807) is 13.0 Å². The number of alkyl halides is 1. The fourth-order valence-corrected chi connectivity index (χ4v) is 1.19. The highest BCUT2D eigenvalue weighted by molar-refractivity contribution is 9.09. The molecule has 1 rings (SSSR count). The van der Waals surface area contributed by atoms with Crippen molar-refractivity contribution in [3.63, 3.8) is 0 Å². The largest absolute Gasteiger partial charge is 0.398 e. The van der Waals surface area contributed by atoms with Crippen LogP contribution >= 0.6 is 15.9 Å². The Bertz CT molecular complexity index is 390. The SMILES string of the molecule is Cc1cc(F)c(C#CCCBr)cc1N. The lowest BCUT2D eigenvalue weighted by atomic mass is 10.1. The van der Waals surface area contributed by atoms with Gasteiger partial charge < -0.3 is 5.73 Å². The summed E-state index contributed by atoms with van der Waals surface area (Å²) < 4.78 is 13.3. The second kappa shape index (κ2) is 5.02. The van der Waals surface area contributed by atoms with E-state index in [1.807, 2.05) is 0 Å². The van der Waals surface area contributed by atoms with Crippen LogP contribution in [0.15, 0.2) is 12.1 Å². The zero-order valence-corrected chi connectivity index (χ0v) is 9.49. The molecule has 0 aliphatic rings. The van der Waals surface area contributed by atoms with Gasteiger partial charge in [-0.05, 0) is 24.6 Å². The molecule has 2 N–H and O–H groups in total. The number of hydrogen-bond acceptors (Lipinski definition) is 1. The monoisotopic (exact) mass is 255 g/mol. The average Bonchev–Trinajstić information content (AvgIpc) is 2.14. The van der Waals surface area contributed by atoms with Gasteiger partial charge in [0.05, 0.1) is 5.56 Å². The topological polar surface area (TPSA) is 26.0 Å². The van der Waals surface area contributed by atoms with Gasteiger partial charge in [0.25, 0.3) is 0 Å². The molecule has 1 aromatic carbocycles. The van der Waals surface area contributed by atoms with Crippen LogP contribution in [0.25, 0.3) is 0 Å². The van der Waals surface area contributed by atoms with E-state index >= 15 is 0 Å². The molecule has 14 heavy (non-hydrogen) atoms. The van der Waals surface area contributed by atoms with E-state index < -0.39 is 0 Å². The van der Waals surface area contributed by atoms with Crippen molar-refractivity contribution in [1.29, 1.82) is 0 Å². The van der Waals surface area contributed by atoms with Crippen molar-refractivity contribution in [1.82, 2.24) is 0 Å². The first-order valence-corrected chi connectivity index (χ1v) is 5.37. The zero-order valence-electron chi connectivity index (χ0n) is 7.90. The van der Waals surface area contributed by atoms with E-state index in [0.29, 0.717) is 17.7 Å². The van der Waals surface area contributed by atoms with Crippen LogP contribution in [0.3, 0.4) is 0 Å². The number of benzene rings is 1. The molecular weight excluding hydrogens is 245 g/mol. The van der Waals surface area contributed by atoms with Crippen molar-refractivity contribution >= 4 is 21.6 Å². The van der Waals surface area contributed by atoms with E-state index in [0.717, 1.165) is 10.9 Å². The number of anilines is 1. The Balaban J connectivity index is 3.00. The molecule has 1 aromatic rings. The molecule has 0 unspecified atom stereocenters. The maximum Gasteiger partial charge on any atom is 0.139 e. The van der Waals surface area contributed by atoms with Crippen LogP contribution < -0.4 is 5.73 Å². The number of hydrogen-bond donors (Lipinski definition) is 1. The minimum atomic E-state index is -0.307. The molecule has 0 bridgehead atoms. The molecule has 0 aliphatic heterocycles. The van der Waals surface area contributed by atoms with E-state index in [1.165, 1.54) is 6.07 Å². The van der Waals surface area contributed by atoms with Crippen LogP contribution in [0.1, 0.15) is 17.5 Å². The van der Waals surface area contributed by atoms with Gasteiger partial charge in [-0.3, -0.25) is 0 Å². The summed E-state index contributed by atoms with van der Waals surface area (Å²) in [5.41, 5.74) is 7.34. The Labute approximate surface area is 91.6 Å². The van der Waals surface area contributed by atoms with Crippen LogP contribution in [-0.2, 0) is 0 Å². The molecule has 0 fully saturated rings. The summed E-state index contributed by atoms with van der Waals surface area (Å²) in [4.78, 5) is 0. The zero-order chi connectivity index (χ0) is 10.6. The Morgan fingerprint density at radius 2 is 2.21 bits per heavy atom. The van der Waals surface area contributed by atoms with E-state index in [4.69, 9.17) is 5.73 Å². The first kappa shape index (κ1) is 11.1. The minimum Gasteiger partial charge on any atom is -0.398 e. The second-order valence-electron chi connectivity index (χ2n) is 2.93. The third-order valence-corrected chi connectivity index (χ3v) is 2.19. The second-order valence-corrected chi connectivity index (χ2v) is 3.72.